The maximum absolute atomic E-state index is 11.7. The Morgan fingerprint density at radius 3 is 2.84 bits per heavy atom. The Morgan fingerprint density at radius 1 is 1.47 bits per heavy atom. The molecule has 1 aromatic rings. The molecule has 0 fully saturated rings. The number of sulfonamides is 1. The van der Waals surface area contributed by atoms with Gasteiger partial charge in [-0.3, -0.25) is 10.1 Å². The number of nitrogens with one attached hydrogen (secondary N) is 1. The maximum Gasteiger partial charge on any atom is 0.269 e. The average Bonchev–Trinajstić information content (AvgIpc) is 2.38. The van der Waals surface area contributed by atoms with Gasteiger partial charge in [-0.2, -0.15) is 0 Å². The lowest BCUT2D eigenvalue weighted by atomic mass is 9.88. The fraction of sp³-hybridized carbons (Fsp3) is 0.500. The summed E-state index contributed by atoms with van der Waals surface area (Å²) in [6.07, 6.45) is 2.38. The predicted octanol–water partition coefficient (Wildman–Crippen LogP) is 1.91. The molecule has 0 radical (unpaired) electrons. The molecular formula is C12H16N2O4S. The lowest BCUT2D eigenvalue weighted by molar-refractivity contribution is -0.385. The van der Waals surface area contributed by atoms with E-state index in [9.17, 15) is 18.5 Å². The molecule has 0 heterocycles. The quantitative estimate of drug-likeness (QED) is 0.675. The number of fused-ring (bicyclic) bond motifs is 1. The molecule has 1 aromatic carbocycles. The highest BCUT2D eigenvalue weighted by Crippen LogP contribution is 2.32. The number of benzene rings is 1. The normalized spacial score (nSPS) is 18.9. The van der Waals surface area contributed by atoms with Gasteiger partial charge in [0.25, 0.3) is 5.69 Å². The molecule has 0 spiro atoms. The molecule has 0 aromatic heterocycles. The van der Waals surface area contributed by atoms with Gasteiger partial charge in [-0.05, 0) is 37.3 Å². The topological polar surface area (TPSA) is 89.3 Å². The first-order valence-electron chi connectivity index (χ1n) is 6.20. The van der Waals surface area contributed by atoms with Crippen LogP contribution in [0.2, 0.25) is 0 Å². The molecule has 104 valence electrons. The van der Waals surface area contributed by atoms with Crippen LogP contribution in [0.15, 0.2) is 18.2 Å². The summed E-state index contributed by atoms with van der Waals surface area (Å²) < 4.78 is 25.9. The van der Waals surface area contributed by atoms with Crippen LogP contribution in [-0.4, -0.2) is 19.1 Å². The molecule has 0 saturated heterocycles. The van der Waals surface area contributed by atoms with Gasteiger partial charge in [0, 0.05) is 18.2 Å². The Kier molecular flexibility index (Phi) is 3.86. The summed E-state index contributed by atoms with van der Waals surface area (Å²) in [6, 6.07) is 4.32. The summed E-state index contributed by atoms with van der Waals surface area (Å²) in [4.78, 5) is 10.3. The van der Waals surface area contributed by atoms with Gasteiger partial charge >= 0.3 is 0 Å². The van der Waals surface area contributed by atoms with E-state index in [1.807, 2.05) is 0 Å². The summed E-state index contributed by atoms with van der Waals surface area (Å²) >= 11 is 0. The van der Waals surface area contributed by atoms with Crippen molar-refractivity contribution in [2.75, 3.05) is 5.75 Å². The van der Waals surface area contributed by atoms with E-state index in [0.29, 0.717) is 6.42 Å². The first kappa shape index (κ1) is 14.0. The number of nitro groups is 1. The average molecular weight is 284 g/mol. The van der Waals surface area contributed by atoms with Crippen LogP contribution in [0.25, 0.3) is 0 Å². The van der Waals surface area contributed by atoms with Gasteiger partial charge in [0.15, 0.2) is 0 Å². The number of nitro benzene ring substituents is 1. The SMILES string of the molecule is CCS(=O)(=O)NC1CCCc2ccc([N+](=O)[O-])cc21. The van der Waals surface area contributed by atoms with Crippen LogP contribution in [-0.2, 0) is 16.4 Å². The zero-order chi connectivity index (χ0) is 14.0. The van der Waals surface area contributed by atoms with E-state index in [0.717, 1.165) is 24.0 Å². The number of non-ortho nitro benzene ring substituents is 1. The third-order valence-corrected chi connectivity index (χ3v) is 4.76. The van der Waals surface area contributed by atoms with E-state index < -0.39 is 14.9 Å². The van der Waals surface area contributed by atoms with Crippen LogP contribution in [0, 0.1) is 10.1 Å². The third-order valence-electron chi connectivity index (χ3n) is 3.36. The fourth-order valence-electron chi connectivity index (χ4n) is 2.32. The molecule has 1 atom stereocenters. The Bertz CT molecular complexity index is 598. The smallest absolute Gasteiger partial charge is 0.258 e. The Hall–Kier alpha value is -1.47. The van der Waals surface area contributed by atoms with Crippen molar-refractivity contribution in [2.45, 2.75) is 32.2 Å². The Morgan fingerprint density at radius 2 is 2.21 bits per heavy atom. The van der Waals surface area contributed by atoms with Gasteiger partial charge in [-0.15, -0.1) is 0 Å². The van der Waals surface area contributed by atoms with E-state index in [1.54, 1.807) is 13.0 Å². The molecule has 2 rings (SSSR count). The van der Waals surface area contributed by atoms with Gasteiger partial charge in [0.1, 0.15) is 0 Å². The monoisotopic (exact) mass is 284 g/mol. The van der Waals surface area contributed by atoms with Gasteiger partial charge in [0.05, 0.1) is 10.7 Å². The summed E-state index contributed by atoms with van der Waals surface area (Å²) in [5.41, 5.74) is 1.72. The van der Waals surface area contributed by atoms with Crippen LogP contribution in [0.5, 0.6) is 0 Å². The minimum atomic E-state index is -3.31. The molecular weight excluding hydrogens is 268 g/mol. The highest BCUT2D eigenvalue weighted by atomic mass is 32.2. The minimum Gasteiger partial charge on any atom is -0.258 e. The molecule has 19 heavy (non-hydrogen) atoms. The molecule has 1 aliphatic rings. The van der Waals surface area contributed by atoms with Gasteiger partial charge in [0.2, 0.25) is 10.0 Å². The third kappa shape index (κ3) is 3.10. The molecule has 0 bridgehead atoms. The van der Waals surface area contributed by atoms with E-state index >= 15 is 0 Å². The van der Waals surface area contributed by atoms with Crippen molar-refractivity contribution in [2.24, 2.45) is 0 Å². The molecule has 1 N–H and O–H groups in total. The molecule has 1 unspecified atom stereocenters. The minimum absolute atomic E-state index is 0.00125. The van der Waals surface area contributed by atoms with Crippen molar-refractivity contribution in [1.29, 1.82) is 0 Å². The van der Waals surface area contributed by atoms with Crippen LogP contribution in [0.4, 0.5) is 5.69 Å². The zero-order valence-corrected chi connectivity index (χ0v) is 11.4. The van der Waals surface area contributed by atoms with E-state index in [4.69, 9.17) is 0 Å². The van der Waals surface area contributed by atoms with Crippen LogP contribution in [0.1, 0.15) is 36.9 Å². The molecule has 1 aliphatic carbocycles. The lowest BCUT2D eigenvalue weighted by Gasteiger charge is -2.25. The summed E-state index contributed by atoms with van der Waals surface area (Å²) in [5, 5.41) is 10.8. The second kappa shape index (κ2) is 5.26. The highest BCUT2D eigenvalue weighted by Gasteiger charge is 2.25. The zero-order valence-electron chi connectivity index (χ0n) is 10.6. The molecule has 0 aliphatic heterocycles. The summed E-state index contributed by atoms with van der Waals surface area (Å²) in [7, 11) is -3.31. The first-order chi connectivity index (χ1) is 8.93. The van der Waals surface area contributed by atoms with E-state index in [2.05, 4.69) is 4.72 Å². The molecule has 7 heteroatoms. The van der Waals surface area contributed by atoms with E-state index in [-0.39, 0.29) is 17.5 Å². The Labute approximate surface area is 112 Å². The van der Waals surface area contributed by atoms with Gasteiger partial charge < -0.3 is 0 Å². The predicted molar refractivity (Wildman–Crippen MR) is 71.4 cm³/mol. The van der Waals surface area contributed by atoms with Gasteiger partial charge in [-0.1, -0.05) is 6.07 Å². The standard InChI is InChI=1S/C12H16N2O4S/c1-2-19(17,18)13-12-5-3-4-9-6-7-10(14(15)16)8-11(9)12/h6-8,12-13H,2-5H2,1H3. The summed E-state index contributed by atoms with van der Waals surface area (Å²) in [5.74, 6) is 0.00770. The maximum atomic E-state index is 11.7. The van der Waals surface area contributed by atoms with Crippen LogP contribution >= 0.6 is 0 Å². The molecule has 0 amide bonds. The summed E-state index contributed by atoms with van der Waals surface area (Å²) in [6.45, 7) is 1.57. The second-order valence-corrected chi connectivity index (χ2v) is 6.65. The van der Waals surface area contributed by atoms with E-state index in [1.165, 1.54) is 12.1 Å². The Balaban J connectivity index is 2.37. The molecule has 0 saturated carbocycles. The highest BCUT2D eigenvalue weighted by molar-refractivity contribution is 7.89. The van der Waals surface area contributed by atoms with Crippen molar-refractivity contribution in [3.8, 4) is 0 Å². The van der Waals surface area contributed by atoms with Gasteiger partial charge in [-0.25, -0.2) is 13.1 Å². The first-order valence-corrected chi connectivity index (χ1v) is 7.85. The number of nitrogens with zero attached hydrogens (tertiary/aromatic N) is 1. The second-order valence-electron chi connectivity index (χ2n) is 4.61. The van der Waals surface area contributed by atoms with Crippen molar-refractivity contribution in [1.82, 2.24) is 4.72 Å². The van der Waals surface area contributed by atoms with Crippen LogP contribution < -0.4 is 4.72 Å². The lowest BCUT2D eigenvalue weighted by Crippen LogP contribution is -2.32. The van der Waals surface area contributed by atoms with Crippen molar-refractivity contribution in [3.63, 3.8) is 0 Å². The fourth-order valence-corrected chi connectivity index (χ4v) is 3.17. The number of hydrogen-bond acceptors (Lipinski definition) is 4. The van der Waals surface area contributed by atoms with Crippen LogP contribution in [0.3, 0.4) is 0 Å². The van der Waals surface area contributed by atoms with Crippen molar-refractivity contribution >= 4 is 15.7 Å². The molecule has 6 nitrogen and oxygen atoms in total. The number of aryl methyl sites for hydroxylation is 1. The number of rotatable bonds is 4. The van der Waals surface area contributed by atoms with Crippen molar-refractivity contribution < 1.29 is 13.3 Å². The van der Waals surface area contributed by atoms with Crippen molar-refractivity contribution in [3.05, 3.63) is 39.4 Å². The largest absolute Gasteiger partial charge is 0.269 e. The number of hydrogen-bond donors (Lipinski definition) is 1.